The molecule has 1 heterocycles. The summed E-state index contributed by atoms with van der Waals surface area (Å²) < 4.78 is 5.84. The van der Waals surface area contributed by atoms with E-state index in [2.05, 4.69) is 10.2 Å². The van der Waals surface area contributed by atoms with Crippen LogP contribution in [0.1, 0.15) is 26.7 Å². The van der Waals surface area contributed by atoms with Gasteiger partial charge in [-0.15, -0.1) is 10.2 Å². The molecular formula is C23H18N2O2S. The smallest absolute Gasteiger partial charge is 0.277 e. The Morgan fingerprint density at radius 1 is 0.857 bits per heavy atom. The van der Waals surface area contributed by atoms with E-state index in [0.29, 0.717) is 16.7 Å². The van der Waals surface area contributed by atoms with Crippen LogP contribution in [0.2, 0.25) is 0 Å². The van der Waals surface area contributed by atoms with E-state index in [4.69, 9.17) is 4.42 Å². The lowest BCUT2D eigenvalue weighted by Crippen LogP contribution is -2.10. The van der Waals surface area contributed by atoms with E-state index in [1.165, 1.54) is 11.8 Å². The second-order valence-corrected chi connectivity index (χ2v) is 7.43. The Kier molecular flexibility index (Phi) is 5.35. The van der Waals surface area contributed by atoms with Crippen molar-refractivity contribution in [1.29, 1.82) is 0 Å². The number of nitrogens with zero attached hydrogens (tertiary/aromatic N) is 2. The largest absolute Gasteiger partial charge is 0.411 e. The summed E-state index contributed by atoms with van der Waals surface area (Å²) in [5.41, 5.74) is 3.57. The highest BCUT2D eigenvalue weighted by Gasteiger charge is 2.26. The number of rotatable bonds is 6. The maximum absolute atomic E-state index is 13.2. The molecule has 0 saturated carbocycles. The molecule has 4 aromatic rings. The Labute approximate surface area is 167 Å². The Morgan fingerprint density at radius 3 is 2.18 bits per heavy atom. The highest BCUT2D eigenvalue weighted by atomic mass is 32.2. The molecular weight excluding hydrogens is 368 g/mol. The minimum absolute atomic E-state index is 0.00638. The minimum atomic E-state index is -0.463. The van der Waals surface area contributed by atoms with Gasteiger partial charge in [0.2, 0.25) is 5.89 Å². The third-order valence-corrected chi connectivity index (χ3v) is 5.41. The van der Waals surface area contributed by atoms with Crippen molar-refractivity contribution in [1.82, 2.24) is 10.2 Å². The first-order valence-electron chi connectivity index (χ1n) is 8.92. The third-order valence-electron chi connectivity index (χ3n) is 4.32. The average molecular weight is 386 g/mol. The number of Topliss-reactive ketones (excluding diaryl/α,β-unsaturated/α-hetero) is 1. The molecule has 0 N–H and O–H groups in total. The normalized spacial score (nSPS) is 11.9. The third kappa shape index (κ3) is 4.05. The lowest BCUT2D eigenvalue weighted by Gasteiger charge is -2.14. The van der Waals surface area contributed by atoms with Crippen molar-refractivity contribution in [2.45, 2.75) is 17.4 Å². The highest BCUT2D eigenvalue weighted by molar-refractivity contribution is 8.00. The zero-order chi connectivity index (χ0) is 19.3. The van der Waals surface area contributed by atoms with E-state index in [9.17, 15) is 4.79 Å². The summed E-state index contributed by atoms with van der Waals surface area (Å²) in [6.07, 6.45) is 0. The number of ketones is 1. The predicted octanol–water partition coefficient (Wildman–Crippen LogP) is 5.76. The molecule has 4 rings (SSSR count). The van der Waals surface area contributed by atoms with Gasteiger partial charge in [-0.05, 0) is 36.4 Å². The number of hydrogen-bond acceptors (Lipinski definition) is 5. The summed E-state index contributed by atoms with van der Waals surface area (Å²) in [5, 5.41) is 8.20. The molecule has 0 aliphatic carbocycles. The molecule has 0 amide bonds. The average Bonchev–Trinajstić information content (AvgIpc) is 3.22. The van der Waals surface area contributed by atoms with Crippen LogP contribution in [-0.4, -0.2) is 16.0 Å². The van der Waals surface area contributed by atoms with Gasteiger partial charge >= 0.3 is 0 Å². The van der Waals surface area contributed by atoms with E-state index in [1.807, 2.05) is 91.9 Å². The van der Waals surface area contributed by atoms with Gasteiger partial charge in [0, 0.05) is 11.1 Å². The molecule has 0 spiro atoms. The molecule has 1 atom stereocenters. The minimum Gasteiger partial charge on any atom is -0.411 e. The Morgan fingerprint density at radius 2 is 1.50 bits per heavy atom. The summed E-state index contributed by atoms with van der Waals surface area (Å²) in [6, 6.07) is 26.8. The first-order chi connectivity index (χ1) is 13.7. The van der Waals surface area contributed by atoms with Gasteiger partial charge in [0.15, 0.2) is 5.78 Å². The highest BCUT2D eigenvalue weighted by Crippen LogP contribution is 2.38. The van der Waals surface area contributed by atoms with E-state index >= 15 is 0 Å². The van der Waals surface area contributed by atoms with Crippen LogP contribution in [0.3, 0.4) is 0 Å². The SMILES string of the molecule is Cc1ccc(-c2nnc(S[C@H](C(=O)c3ccccc3)c3ccccc3)o2)cc1. The zero-order valence-corrected chi connectivity index (χ0v) is 16.1. The molecule has 0 bridgehead atoms. The Balaban J connectivity index is 1.63. The van der Waals surface area contributed by atoms with Gasteiger partial charge in [-0.1, -0.05) is 78.4 Å². The van der Waals surface area contributed by atoms with Crippen molar-refractivity contribution in [3.05, 3.63) is 102 Å². The molecule has 0 radical (unpaired) electrons. The predicted molar refractivity (Wildman–Crippen MR) is 110 cm³/mol. The standard InChI is InChI=1S/C23H18N2O2S/c1-16-12-14-19(15-13-16)22-24-25-23(27-22)28-21(18-10-6-3-7-11-18)20(26)17-8-4-2-5-9-17/h2-15,21H,1H3/t21-/m0/s1. The number of carbonyl (C=O) groups excluding carboxylic acids is 1. The zero-order valence-electron chi connectivity index (χ0n) is 15.3. The monoisotopic (exact) mass is 386 g/mol. The number of hydrogen-bond donors (Lipinski definition) is 0. The number of aryl methyl sites for hydroxylation is 1. The van der Waals surface area contributed by atoms with Gasteiger partial charge in [0.25, 0.3) is 5.22 Å². The van der Waals surface area contributed by atoms with Gasteiger partial charge in [-0.2, -0.15) is 0 Å². The van der Waals surface area contributed by atoms with Crippen LogP contribution < -0.4 is 0 Å². The molecule has 1 aromatic heterocycles. The van der Waals surface area contributed by atoms with E-state index in [1.54, 1.807) is 0 Å². The van der Waals surface area contributed by atoms with E-state index in [-0.39, 0.29) is 5.78 Å². The fraction of sp³-hybridized carbons (Fsp3) is 0.0870. The Bertz CT molecular complexity index is 1060. The molecule has 138 valence electrons. The summed E-state index contributed by atoms with van der Waals surface area (Å²) in [4.78, 5) is 13.2. The fourth-order valence-corrected chi connectivity index (χ4v) is 3.78. The van der Waals surface area contributed by atoms with Crippen molar-refractivity contribution >= 4 is 17.5 Å². The lowest BCUT2D eigenvalue weighted by atomic mass is 10.0. The summed E-state index contributed by atoms with van der Waals surface area (Å²) in [5.74, 6) is 0.452. The number of thioether (sulfide) groups is 1. The number of carbonyl (C=O) groups is 1. The molecule has 0 fully saturated rings. The summed E-state index contributed by atoms with van der Waals surface area (Å²) in [6.45, 7) is 2.03. The molecule has 0 unspecified atom stereocenters. The quantitative estimate of drug-likeness (QED) is 0.311. The maximum atomic E-state index is 13.2. The van der Waals surface area contributed by atoms with Crippen molar-refractivity contribution in [3.8, 4) is 11.5 Å². The van der Waals surface area contributed by atoms with Crippen molar-refractivity contribution in [3.63, 3.8) is 0 Å². The first kappa shape index (κ1) is 18.2. The molecule has 4 nitrogen and oxygen atoms in total. The second-order valence-electron chi connectivity index (χ2n) is 6.38. The van der Waals surface area contributed by atoms with Gasteiger partial charge in [0.1, 0.15) is 5.25 Å². The van der Waals surface area contributed by atoms with E-state index in [0.717, 1.165) is 16.7 Å². The van der Waals surface area contributed by atoms with Crippen LogP contribution >= 0.6 is 11.8 Å². The maximum Gasteiger partial charge on any atom is 0.277 e. The Hall–Kier alpha value is -3.18. The second kappa shape index (κ2) is 8.23. The molecule has 3 aromatic carbocycles. The van der Waals surface area contributed by atoms with Crippen LogP contribution in [0.25, 0.3) is 11.5 Å². The molecule has 5 heteroatoms. The molecule has 28 heavy (non-hydrogen) atoms. The molecule has 0 aliphatic rings. The van der Waals surface area contributed by atoms with Gasteiger partial charge in [0.05, 0.1) is 0 Å². The van der Waals surface area contributed by atoms with E-state index < -0.39 is 5.25 Å². The van der Waals surface area contributed by atoms with Crippen LogP contribution in [0.5, 0.6) is 0 Å². The van der Waals surface area contributed by atoms with Gasteiger partial charge in [-0.25, -0.2) is 0 Å². The molecule has 0 aliphatic heterocycles. The fourth-order valence-electron chi connectivity index (χ4n) is 2.83. The first-order valence-corrected chi connectivity index (χ1v) is 9.80. The van der Waals surface area contributed by atoms with Crippen LogP contribution in [-0.2, 0) is 0 Å². The van der Waals surface area contributed by atoms with Crippen molar-refractivity contribution in [2.75, 3.05) is 0 Å². The summed E-state index contributed by atoms with van der Waals surface area (Å²) in [7, 11) is 0. The van der Waals surface area contributed by atoms with Gasteiger partial charge < -0.3 is 4.42 Å². The van der Waals surface area contributed by atoms with Crippen molar-refractivity contribution in [2.24, 2.45) is 0 Å². The van der Waals surface area contributed by atoms with Crippen LogP contribution in [0.4, 0.5) is 0 Å². The van der Waals surface area contributed by atoms with Crippen molar-refractivity contribution < 1.29 is 9.21 Å². The van der Waals surface area contributed by atoms with Crippen LogP contribution in [0.15, 0.2) is 94.6 Å². The summed E-state index contributed by atoms with van der Waals surface area (Å²) >= 11 is 1.27. The number of benzene rings is 3. The van der Waals surface area contributed by atoms with Gasteiger partial charge in [-0.3, -0.25) is 4.79 Å². The topological polar surface area (TPSA) is 56.0 Å². The number of aromatic nitrogens is 2. The van der Waals surface area contributed by atoms with Crippen LogP contribution in [0, 0.1) is 6.92 Å². The lowest BCUT2D eigenvalue weighted by molar-refractivity contribution is 0.0989. The molecule has 0 saturated heterocycles.